The molecule has 0 aliphatic heterocycles. The summed E-state index contributed by atoms with van der Waals surface area (Å²) in [5.74, 6) is -1.05. The molecule has 4 aromatic rings. The van der Waals surface area contributed by atoms with Gasteiger partial charge in [0, 0.05) is 5.39 Å². The van der Waals surface area contributed by atoms with Crippen molar-refractivity contribution < 1.29 is 33.0 Å². The molecule has 0 aliphatic carbocycles. The van der Waals surface area contributed by atoms with Crippen molar-refractivity contribution in [3.63, 3.8) is 0 Å². The van der Waals surface area contributed by atoms with Crippen LogP contribution in [0.2, 0.25) is 0 Å². The standard InChI is InChI=1S/C23H20N2O7S/c1-4-31-19(26)12-25-15-9-8-14(22(28)30-3)11-18(15)33-23(25)24-21(27)17-10-13-6-5-7-16(29-2)20(13)32-17/h5-11H,4,12H2,1-3H3. The molecule has 170 valence electrons. The van der Waals surface area contributed by atoms with Gasteiger partial charge >= 0.3 is 17.8 Å². The molecule has 10 heteroatoms. The summed E-state index contributed by atoms with van der Waals surface area (Å²) < 4.78 is 23.0. The minimum Gasteiger partial charge on any atom is -0.493 e. The van der Waals surface area contributed by atoms with Crippen LogP contribution in [-0.4, -0.2) is 43.2 Å². The molecule has 4 rings (SSSR count). The first-order valence-electron chi connectivity index (χ1n) is 9.98. The molecule has 0 N–H and O–H groups in total. The van der Waals surface area contributed by atoms with Crippen molar-refractivity contribution in [3.8, 4) is 5.75 Å². The van der Waals surface area contributed by atoms with Crippen molar-refractivity contribution in [1.29, 1.82) is 0 Å². The number of furan rings is 1. The van der Waals surface area contributed by atoms with Gasteiger partial charge in [-0.3, -0.25) is 9.59 Å². The number of ether oxygens (including phenoxy) is 3. The molecule has 0 aliphatic rings. The largest absolute Gasteiger partial charge is 0.493 e. The topological polar surface area (TPSA) is 109 Å². The van der Waals surface area contributed by atoms with E-state index in [1.54, 1.807) is 54.0 Å². The number of esters is 2. The van der Waals surface area contributed by atoms with E-state index in [9.17, 15) is 14.4 Å². The number of carbonyl (C=O) groups excluding carboxylic acids is 3. The van der Waals surface area contributed by atoms with Crippen LogP contribution in [0.15, 0.2) is 51.9 Å². The number of hydrogen-bond donors (Lipinski definition) is 0. The first kappa shape index (κ1) is 22.3. The van der Waals surface area contributed by atoms with Crippen LogP contribution >= 0.6 is 11.3 Å². The molecule has 33 heavy (non-hydrogen) atoms. The molecule has 0 bridgehead atoms. The van der Waals surface area contributed by atoms with E-state index in [1.807, 2.05) is 0 Å². The molecule has 9 nitrogen and oxygen atoms in total. The number of benzene rings is 2. The van der Waals surface area contributed by atoms with E-state index in [4.69, 9.17) is 18.6 Å². The summed E-state index contributed by atoms with van der Waals surface area (Å²) in [6, 6.07) is 11.8. The maximum Gasteiger partial charge on any atom is 0.337 e. The summed E-state index contributed by atoms with van der Waals surface area (Å²) in [5, 5.41) is 0.700. The van der Waals surface area contributed by atoms with Gasteiger partial charge in [0.05, 0.1) is 36.6 Å². The second-order valence-corrected chi connectivity index (χ2v) is 7.87. The predicted molar refractivity (Wildman–Crippen MR) is 120 cm³/mol. The molecule has 0 fully saturated rings. The van der Waals surface area contributed by atoms with Crippen molar-refractivity contribution in [1.82, 2.24) is 4.57 Å². The second-order valence-electron chi connectivity index (χ2n) is 6.86. The lowest BCUT2D eigenvalue weighted by Crippen LogP contribution is -2.23. The SMILES string of the molecule is CCOC(=O)Cn1c(=NC(=O)c2cc3cccc(OC)c3o2)sc2cc(C(=O)OC)ccc21. The summed E-state index contributed by atoms with van der Waals surface area (Å²) in [5.41, 5.74) is 1.41. The quantitative estimate of drug-likeness (QED) is 0.398. The van der Waals surface area contributed by atoms with Crippen LogP contribution in [0.25, 0.3) is 21.2 Å². The first-order chi connectivity index (χ1) is 15.9. The normalized spacial score (nSPS) is 11.7. The summed E-state index contributed by atoms with van der Waals surface area (Å²) >= 11 is 1.16. The van der Waals surface area contributed by atoms with E-state index < -0.39 is 17.8 Å². The highest BCUT2D eigenvalue weighted by atomic mass is 32.1. The van der Waals surface area contributed by atoms with Crippen molar-refractivity contribution in [3.05, 3.63) is 58.6 Å². The van der Waals surface area contributed by atoms with Crippen molar-refractivity contribution >= 4 is 50.4 Å². The number of thiazole rings is 1. The first-order valence-corrected chi connectivity index (χ1v) is 10.8. The highest BCUT2D eigenvalue weighted by molar-refractivity contribution is 7.16. The number of fused-ring (bicyclic) bond motifs is 2. The number of para-hydroxylation sites is 1. The fourth-order valence-corrected chi connectivity index (χ4v) is 4.40. The van der Waals surface area contributed by atoms with E-state index in [0.29, 0.717) is 32.5 Å². The molecule has 1 amide bonds. The number of nitrogens with zero attached hydrogens (tertiary/aromatic N) is 2. The molecule has 0 atom stereocenters. The molecule has 2 aromatic heterocycles. The Morgan fingerprint density at radius 2 is 1.94 bits per heavy atom. The van der Waals surface area contributed by atoms with Gasteiger partial charge in [-0.2, -0.15) is 4.99 Å². The number of rotatable bonds is 6. The van der Waals surface area contributed by atoms with Crippen LogP contribution in [0, 0.1) is 0 Å². The third-order valence-corrected chi connectivity index (χ3v) is 5.87. The van der Waals surface area contributed by atoms with E-state index in [0.717, 1.165) is 11.3 Å². The third-order valence-electron chi connectivity index (χ3n) is 4.83. The van der Waals surface area contributed by atoms with Gasteiger partial charge < -0.3 is 23.2 Å². The van der Waals surface area contributed by atoms with Gasteiger partial charge in [-0.25, -0.2) is 4.79 Å². The number of amides is 1. The van der Waals surface area contributed by atoms with Crippen LogP contribution in [0.3, 0.4) is 0 Å². The predicted octanol–water partition coefficient (Wildman–Crippen LogP) is 3.55. The van der Waals surface area contributed by atoms with Crippen molar-refractivity contribution in [2.45, 2.75) is 13.5 Å². The van der Waals surface area contributed by atoms with E-state index >= 15 is 0 Å². The summed E-state index contributed by atoms with van der Waals surface area (Å²) in [7, 11) is 2.81. The number of hydrogen-bond acceptors (Lipinski definition) is 8. The molecule has 2 heterocycles. The van der Waals surface area contributed by atoms with Crippen molar-refractivity contribution in [2.24, 2.45) is 4.99 Å². The number of methoxy groups -OCH3 is 2. The number of aromatic nitrogens is 1. The molecule has 0 saturated carbocycles. The number of carbonyl (C=O) groups is 3. The van der Waals surface area contributed by atoms with Gasteiger partial charge in [0.1, 0.15) is 6.54 Å². The molecule has 0 saturated heterocycles. The summed E-state index contributed by atoms with van der Waals surface area (Å²) in [6.07, 6.45) is 0. The Hall–Kier alpha value is -3.92. The van der Waals surface area contributed by atoms with Crippen LogP contribution in [0.1, 0.15) is 27.8 Å². The van der Waals surface area contributed by atoms with Crippen LogP contribution < -0.4 is 9.54 Å². The molecule has 0 unspecified atom stereocenters. The Morgan fingerprint density at radius 3 is 2.67 bits per heavy atom. The average molecular weight is 468 g/mol. The lowest BCUT2D eigenvalue weighted by Gasteiger charge is -2.05. The minimum absolute atomic E-state index is 0.0323. The highest BCUT2D eigenvalue weighted by Gasteiger charge is 2.18. The van der Waals surface area contributed by atoms with Gasteiger partial charge in [-0.05, 0) is 37.3 Å². The van der Waals surface area contributed by atoms with Gasteiger partial charge in [0.25, 0.3) is 0 Å². The lowest BCUT2D eigenvalue weighted by molar-refractivity contribution is -0.143. The zero-order valence-electron chi connectivity index (χ0n) is 18.1. The van der Waals surface area contributed by atoms with Crippen LogP contribution in [0.5, 0.6) is 5.75 Å². The fourth-order valence-electron chi connectivity index (χ4n) is 3.34. The zero-order valence-corrected chi connectivity index (χ0v) is 18.9. The Bertz CT molecular complexity index is 1440. The Balaban J connectivity index is 1.82. The highest BCUT2D eigenvalue weighted by Crippen LogP contribution is 2.29. The molecule has 0 radical (unpaired) electrons. The maximum absolute atomic E-state index is 12.9. The molecular formula is C23H20N2O7S. The Kier molecular flexibility index (Phi) is 6.27. The zero-order chi connectivity index (χ0) is 23.5. The third kappa shape index (κ3) is 4.37. The van der Waals surface area contributed by atoms with Crippen molar-refractivity contribution in [2.75, 3.05) is 20.8 Å². The average Bonchev–Trinajstić information content (AvgIpc) is 3.40. The van der Waals surface area contributed by atoms with Gasteiger partial charge in [0.2, 0.25) is 0 Å². The summed E-state index contributed by atoms with van der Waals surface area (Å²) in [4.78, 5) is 41.5. The summed E-state index contributed by atoms with van der Waals surface area (Å²) in [6.45, 7) is 1.78. The van der Waals surface area contributed by atoms with Gasteiger partial charge in [0.15, 0.2) is 21.9 Å². The maximum atomic E-state index is 12.9. The second kappa shape index (κ2) is 9.29. The van der Waals surface area contributed by atoms with E-state index in [2.05, 4.69) is 4.99 Å². The van der Waals surface area contributed by atoms with E-state index in [1.165, 1.54) is 14.2 Å². The molecule has 2 aromatic carbocycles. The van der Waals surface area contributed by atoms with Crippen LogP contribution in [0.4, 0.5) is 0 Å². The van der Waals surface area contributed by atoms with Crippen LogP contribution in [-0.2, 0) is 20.8 Å². The van der Waals surface area contributed by atoms with Gasteiger partial charge in [-0.15, -0.1) is 0 Å². The Labute approximate surface area is 191 Å². The lowest BCUT2D eigenvalue weighted by atomic mass is 10.2. The smallest absolute Gasteiger partial charge is 0.337 e. The molecular weight excluding hydrogens is 448 g/mol. The van der Waals surface area contributed by atoms with E-state index in [-0.39, 0.29) is 23.7 Å². The molecule has 0 spiro atoms. The Morgan fingerprint density at radius 1 is 1.12 bits per heavy atom. The minimum atomic E-state index is -0.620. The fraction of sp³-hybridized carbons (Fsp3) is 0.217. The van der Waals surface area contributed by atoms with Gasteiger partial charge in [-0.1, -0.05) is 23.5 Å². The monoisotopic (exact) mass is 468 g/mol.